The zero-order chi connectivity index (χ0) is 21.2. The van der Waals surface area contributed by atoms with Crippen LogP contribution in [0.15, 0.2) is 42.5 Å². The minimum atomic E-state index is -4.84. The van der Waals surface area contributed by atoms with Gasteiger partial charge < -0.3 is 14.8 Å². The molecular formula is C17H12F3N3O6. The Balaban J connectivity index is 1.71. The van der Waals surface area contributed by atoms with Gasteiger partial charge in [0.25, 0.3) is 11.6 Å². The SMILES string of the molecule is O=C(CN1C(=O)COc2ccc([N+](=O)[O-])cc21)Nc1ccc(OC(F)(F)F)cc1. The normalized spacial score (nSPS) is 13.3. The number of nitrogens with zero attached hydrogens (tertiary/aromatic N) is 2. The van der Waals surface area contributed by atoms with Crippen molar-refractivity contribution in [3.05, 3.63) is 52.6 Å². The molecule has 3 rings (SSSR count). The van der Waals surface area contributed by atoms with Gasteiger partial charge in [-0.15, -0.1) is 13.2 Å². The summed E-state index contributed by atoms with van der Waals surface area (Å²) in [6.07, 6.45) is -4.84. The van der Waals surface area contributed by atoms with Gasteiger partial charge in [-0.05, 0) is 30.3 Å². The standard InChI is InChI=1S/C17H12F3N3O6/c18-17(19,20)29-12-4-1-10(2-5-12)21-15(24)8-22-13-7-11(23(26)27)3-6-14(13)28-9-16(22)25/h1-7H,8-9H2,(H,21,24). The highest BCUT2D eigenvalue weighted by Gasteiger charge is 2.31. The van der Waals surface area contributed by atoms with Gasteiger partial charge in [-0.1, -0.05) is 0 Å². The van der Waals surface area contributed by atoms with E-state index in [1.165, 1.54) is 24.3 Å². The van der Waals surface area contributed by atoms with Crippen LogP contribution < -0.4 is 19.7 Å². The lowest BCUT2D eigenvalue weighted by Crippen LogP contribution is -2.43. The van der Waals surface area contributed by atoms with Crippen molar-refractivity contribution in [1.29, 1.82) is 0 Å². The first kappa shape index (κ1) is 19.9. The Hall–Kier alpha value is -3.83. The second-order valence-corrected chi connectivity index (χ2v) is 5.80. The first-order valence-electron chi connectivity index (χ1n) is 7.99. The molecule has 0 saturated heterocycles. The number of carbonyl (C=O) groups is 2. The number of benzene rings is 2. The highest BCUT2D eigenvalue weighted by atomic mass is 19.4. The Bertz CT molecular complexity index is 962. The molecule has 0 atom stereocenters. The van der Waals surface area contributed by atoms with Crippen molar-refractivity contribution in [2.45, 2.75) is 6.36 Å². The van der Waals surface area contributed by atoms with Crippen molar-refractivity contribution in [3.63, 3.8) is 0 Å². The van der Waals surface area contributed by atoms with E-state index in [1.807, 2.05) is 0 Å². The fraction of sp³-hybridized carbons (Fsp3) is 0.176. The second-order valence-electron chi connectivity index (χ2n) is 5.80. The first-order valence-corrected chi connectivity index (χ1v) is 7.99. The van der Waals surface area contributed by atoms with Crippen LogP contribution in [0.4, 0.5) is 30.2 Å². The molecule has 29 heavy (non-hydrogen) atoms. The van der Waals surface area contributed by atoms with Crippen molar-refractivity contribution in [1.82, 2.24) is 0 Å². The average Bonchev–Trinajstić information content (AvgIpc) is 2.64. The van der Waals surface area contributed by atoms with E-state index in [2.05, 4.69) is 10.1 Å². The molecule has 0 fully saturated rings. The maximum Gasteiger partial charge on any atom is 0.573 e. The third kappa shape index (κ3) is 4.91. The maximum atomic E-state index is 12.3. The third-order valence-corrected chi connectivity index (χ3v) is 3.77. The number of nitro groups is 1. The van der Waals surface area contributed by atoms with Crippen LogP contribution >= 0.6 is 0 Å². The quantitative estimate of drug-likeness (QED) is 0.598. The summed E-state index contributed by atoms with van der Waals surface area (Å²) in [6.45, 7) is -0.821. The lowest BCUT2D eigenvalue weighted by atomic mass is 10.2. The number of non-ortho nitro benzene ring substituents is 1. The summed E-state index contributed by atoms with van der Waals surface area (Å²) in [5.41, 5.74) is -0.0447. The zero-order valence-corrected chi connectivity index (χ0v) is 14.4. The molecule has 0 aliphatic carbocycles. The molecule has 0 unspecified atom stereocenters. The average molecular weight is 411 g/mol. The molecule has 12 heteroatoms. The molecule has 2 aromatic carbocycles. The molecule has 9 nitrogen and oxygen atoms in total. The van der Waals surface area contributed by atoms with Crippen LogP contribution in [0.5, 0.6) is 11.5 Å². The summed E-state index contributed by atoms with van der Waals surface area (Å²) < 4.78 is 45.4. The molecule has 2 aromatic rings. The molecule has 0 saturated carbocycles. The molecule has 1 aliphatic rings. The van der Waals surface area contributed by atoms with Gasteiger partial charge in [-0.25, -0.2) is 0 Å². The molecule has 1 aliphatic heterocycles. The van der Waals surface area contributed by atoms with Crippen molar-refractivity contribution < 1.29 is 37.2 Å². The largest absolute Gasteiger partial charge is 0.573 e. The van der Waals surface area contributed by atoms with Gasteiger partial charge in [0.05, 0.1) is 10.6 Å². The van der Waals surface area contributed by atoms with Crippen LogP contribution in [0, 0.1) is 10.1 Å². The van der Waals surface area contributed by atoms with Crippen molar-refractivity contribution in [2.75, 3.05) is 23.4 Å². The van der Waals surface area contributed by atoms with Crippen molar-refractivity contribution >= 4 is 28.9 Å². The van der Waals surface area contributed by atoms with Gasteiger partial charge in [0.2, 0.25) is 5.91 Å². The summed E-state index contributed by atoms with van der Waals surface area (Å²) in [5, 5.41) is 13.4. The number of nitro benzene ring substituents is 1. The van der Waals surface area contributed by atoms with E-state index < -0.39 is 35.4 Å². The Morgan fingerprint density at radius 1 is 1.24 bits per heavy atom. The summed E-state index contributed by atoms with van der Waals surface area (Å²) in [4.78, 5) is 35.7. The van der Waals surface area contributed by atoms with E-state index in [4.69, 9.17) is 4.74 Å². The van der Waals surface area contributed by atoms with Crippen molar-refractivity contribution in [2.24, 2.45) is 0 Å². The van der Waals surface area contributed by atoms with Crippen LogP contribution in [0.1, 0.15) is 0 Å². The smallest absolute Gasteiger partial charge is 0.482 e. The molecule has 1 N–H and O–H groups in total. The van der Waals surface area contributed by atoms with E-state index in [-0.39, 0.29) is 29.4 Å². The molecule has 0 bridgehead atoms. The van der Waals surface area contributed by atoms with Crippen LogP contribution in [0.2, 0.25) is 0 Å². The Morgan fingerprint density at radius 3 is 2.55 bits per heavy atom. The number of rotatable bonds is 5. The van der Waals surface area contributed by atoms with Gasteiger partial charge in [0.1, 0.15) is 18.0 Å². The lowest BCUT2D eigenvalue weighted by molar-refractivity contribution is -0.384. The summed E-state index contributed by atoms with van der Waals surface area (Å²) in [7, 11) is 0. The molecule has 2 amide bonds. The maximum absolute atomic E-state index is 12.3. The third-order valence-electron chi connectivity index (χ3n) is 3.77. The number of alkyl halides is 3. The molecule has 0 aromatic heterocycles. The Kier molecular flexibility index (Phi) is 5.26. The van der Waals surface area contributed by atoms with Gasteiger partial charge in [-0.3, -0.25) is 24.6 Å². The Labute approximate surface area is 160 Å². The second kappa shape index (κ2) is 7.66. The topological polar surface area (TPSA) is 111 Å². The summed E-state index contributed by atoms with van der Waals surface area (Å²) in [5.74, 6) is -1.50. The van der Waals surface area contributed by atoms with Crippen LogP contribution in [0.25, 0.3) is 0 Å². The molecular weight excluding hydrogens is 399 g/mol. The fourth-order valence-electron chi connectivity index (χ4n) is 2.56. The van der Waals surface area contributed by atoms with Crippen LogP contribution in [-0.2, 0) is 9.59 Å². The highest BCUT2D eigenvalue weighted by molar-refractivity contribution is 6.05. The Morgan fingerprint density at radius 2 is 1.93 bits per heavy atom. The molecule has 1 heterocycles. The fourth-order valence-corrected chi connectivity index (χ4v) is 2.56. The number of anilines is 2. The molecule has 152 valence electrons. The number of ether oxygens (including phenoxy) is 2. The minimum absolute atomic E-state index is 0.0690. The first-order chi connectivity index (χ1) is 13.6. The highest BCUT2D eigenvalue weighted by Crippen LogP contribution is 2.35. The van der Waals surface area contributed by atoms with E-state index >= 15 is 0 Å². The number of hydrogen-bond donors (Lipinski definition) is 1. The van der Waals surface area contributed by atoms with Crippen LogP contribution in [0.3, 0.4) is 0 Å². The van der Waals surface area contributed by atoms with Gasteiger partial charge in [0.15, 0.2) is 6.61 Å². The van der Waals surface area contributed by atoms with Crippen molar-refractivity contribution in [3.8, 4) is 11.5 Å². The number of carbonyl (C=O) groups excluding carboxylic acids is 2. The molecule has 0 spiro atoms. The van der Waals surface area contributed by atoms with E-state index in [0.717, 1.165) is 23.1 Å². The number of halogens is 3. The summed E-state index contributed by atoms with van der Waals surface area (Å²) >= 11 is 0. The van der Waals surface area contributed by atoms with Gasteiger partial charge >= 0.3 is 6.36 Å². The molecule has 0 radical (unpaired) electrons. The summed E-state index contributed by atoms with van der Waals surface area (Å²) in [6, 6.07) is 8.06. The minimum Gasteiger partial charge on any atom is -0.482 e. The monoisotopic (exact) mass is 411 g/mol. The number of hydrogen-bond acceptors (Lipinski definition) is 6. The van der Waals surface area contributed by atoms with Gasteiger partial charge in [0, 0.05) is 17.8 Å². The zero-order valence-electron chi connectivity index (χ0n) is 14.4. The van der Waals surface area contributed by atoms with E-state index in [1.54, 1.807) is 0 Å². The van der Waals surface area contributed by atoms with E-state index in [9.17, 15) is 32.9 Å². The lowest BCUT2D eigenvalue weighted by Gasteiger charge is -2.28. The van der Waals surface area contributed by atoms with Gasteiger partial charge in [-0.2, -0.15) is 0 Å². The number of fused-ring (bicyclic) bond motifs is 1. The predicted molar refractivity (Wildman–Crippen MR) is 92.7 cm³/mol. The van der Waals surface area contributed by atoms with E-state index in [0.29, 0.717) is 0 Å². The predicted octanol–water partition coefficient (Wildman–Crippen LogP) is 2.86. The number of amides is 2. The van der Waals surface area contributed by atoms with Crippen LogP contribution in [-0.4, -0.2) is 36.3 Å². The number of nitrogens with one attached hydrogen (secondary N) is 1.